The van der Waals surface area contributed by atoms with Crippen molar-refractivity contribution in [3.8, 4) is 0 Å². The molecule has 0 aliphatic rings. The molecule has 0 saturated heterocycles. The molecule has 0 aliphatic heterocycles. The minimum atomic E-state index is -0.992. The number of rotatable bonds is 2. The van der Waals surface area contributed by atoms with Crippen molar-refractivity contribution in [3.63, 3.8) is 0 Å². The smallest absolute Gasteiger partial charge is 0.309 e. The predicted octanol–water partition coefficient (Wildman–Crippen LogP) is 1.66. The van der Waals surface area contributed by atoms with E-state index >= 15 is 0 Å². The molecule has 0 saturated carbocycles. The molecule has 2 aromatic rings. The first-order valence-corrected chi connectivity index (χ1v) is 4.75. The third-order valence-corrected chi connectivity index (χ3v) is 2.48. The highest BCUT2D eigenvalue weighted by Crippen LogP contribution is 2.21. The maximum Gasteiger partial charge on any atom is 0.309 e. The van der Waals surface area contributed by atoms with E-state index in [1.54, 1.807) is 12.1 Å². The van der Waals surface area contributed by atoms with Gasteiger partial charge < -0.3 is 5.11 Å². The fourth-order valence-electron chi connectivity index (χ4n) is 1.29. The highest BCUT2D eigenvalue weighted by Gasteiger charge is 2.13. The van der Waals surface area contributed by atoms with Crippen LogP contribution in [-0.2, 0) is 11.2 Å². The average Bonchev–Trinajstić information content (AvgIpc) is 2.52. The van der Waals surface area contributed by atoms with Crippen molar-refractivity contribution in [2.45, 2.75) is 6.42 Å². The zero-order chi connectivity index (χ0) is 11.0. The molecule has 0 bridgehead atoms. The van der Waals surface area contributed by atoms with E-state index in [1.165, 1.54) is 4.40 Å². The Morgan fingerprint density at radius 3 is 2.80 bits per heavy atom. The normalized spacial score (nSPS) is 10.8. The number of hydrogen-bond donors (Lipinski definition) is 1. The van der Waals surface area contributed by atoms with Gasteiger partial charge in [0.05, 0.1) is 17.1 Å². The van der Waals surface area contributed by atoms with Gasteiger partial charge in [0, 0.05) is 0 Å². The predicted molar refractivity (Wildman–Crippen MR) is 54.3 cm³/mol. The van der Waals surface area contributed by atoms with Gasteiger partial charge in [-0.25, -0.2) is 0 Å². The maximum atomic E-state index is 10.6. The van der Waals surface area contributed by atoms with Crippen molar-refractivity contribution in [3.05, 3.63) is 28.1 Å². The van der Waals surface area contributed by atoms with E-state index in [0.717, 1.165) is 0 Å². The second kappa shape index (κ2) is 3.67. The summed E-state index contributed by atoms with van der Waals surface area (Å²) in [6, 6.07) is 3.19. The summed E-state index contributed by atoms with van der Waals surface area (Å²) in [6.45, 7) is 0. The van der Waals surface area contributed by atoms with Gasteiger partial charge in [-0.05, 0) is 23.7 Å². The Morgan fingerprint density at radius 2 is 2.13 bits per heavy atom. The van der Waals surface area contributed by atoms with Gasteiger partial charge in [0.15, 0.2) is 5.65 Å². The van der Waals surface area contributed by atoms with Gasteiger partial charge >= 0.3 is 5.97 Å². The molecule has 0 amide bonds. The van der Waals surface area contributed by atoms with Gasteiger partial charge in [-0.1, -0.05) is 11.6 Å². The molecule has 78 valence electrons. The molecule has 1 N–H and O–H groups in total. The summed E-state index contributed by atoms with van der Waals surface area (Å²) in [6.07, 6.45) is -0.228. The molecule has 5 nitrogen and oxygen atoms in total. The zero-order valence-electron chi connectivity index (χ0n) is 7.31. The zero-order valence-corrected chi connectivity index (χ0v) is 8.83. The van der Waals surface area contributed by atoms with Crippen LogP contribution in [0.15, 0.2) is 12.1 Å². The Morgan fingerprint density at radius 1 is 1.40 bits per heavy atom. The fraction of sp³-hybridized carbons (Fsp3) is 0.125. The van der Waals surface area contributed by atoms with Crippen molar-refractivity contribution in [1.82, 2.24) is 14.6 Å². The Balaban J connectivity index is 2.72. The maximum absolute atomic E-state index is 10.6. The van der Waals surface area contributed by atoms with Crippen LogP contribution in [0.2, 0.25) is 10.3 Å². The van der Waals surface area contributed by atoms with E-state index in [-0.39, 0.29) is 11.7 Å². The first-order chi connectivity index (χ1) is 7.09. The van der Waals surface area contributed by atoms with Crippen LogP contribution in [0.1, 0.15) is 5.69 Å². The third-order valence-electron chi connectivity index (χ3n) is 1.89. The minimum absolute atomic E-state index is 0.101. The van der Waals surface area contributed by atoms with Gasteiger partial charge in [0.25, 0.3) is 0 Å². The van der Waals surface area contributed by atoms with E-state index in [0.29, 0.717) is 16.4 Å². The van der Waals surface area contributed by atoms with E-state index in [1.807, 2.05) is 0 Å². The van der Waals surface area contributed by atoms with Crippen molar-refractivity contribution < 1.29 is 9.90 Å². The van der Waals surface area contributed by atoms with E-state index in [9.17, 15) is 4.79 Å². The lowest BCUT2D eigenvalue weighted by Gasteiger charge is -2.04. The van der Waals surface area contributed by atoms with Crippen LogP contribution in [-0.4, -0.2) is 25.7 Å². The number of hydrogen-bond acceptors (Lipinski definition) is 3. The number of carboxylic acids is 1. The van der Waals surface area contributed by atoms with Crippen molar-refractivity contribution in [2.75, 3.05) is 0 Å². The van der Waals surface area contributed by atoms with Gasteiger partial charge in [-0.2, -0.15) is 0 Å². The Bertz CT molecular complexity index is 538. The van der Waals surface area contributed by atoms with Crippen LogP contribution < -0.4 is 0 Å². The SMILES string of the molecule is O=C(O)Cc1c(Cl)ccc2nnc(Cl)n12. The topological polar surface area (TPSA) is 67.5 Å². The van der Waals surface area contributed by atoms with Gasteiger partial charge in [0.2, 0.25) is 5.28 Å². The first kappa shape index (κ1) is 10.2. The second-order valence-electron chi connectivity index (χ2n) is 2.86. The number of fused-ring (bicyclic) bond motifs is 1. The number of pyridine rings is 1. The highest BCUT2D eigenvalue weighted by atomic mass is 35.5. The Labute approximate surface area is 94.2 Å². The molecule has 0 unspecified atom stereocenters. The monoisotopic (exact) mass is 245 g/mol. The second-order valence-corrected chi connectivity index (χ2v) is 3.61. The lowest BCUT2D eigenvalue weighted by Crippen LogP contribution is -2.06. The quantitative estimate of drug-likeness (QED) is 0.874. The molecule has 2 aromatic heterocycles. The summed E-state index contributed by atoms with van der Waals surface area (Å²) in [5.74, 6) is -0.992. The summed E-state index contributed by atoms with van der Waals surface area (Å²) in [4.78, 5) is 10.6. The molecule has 0 aromatic carbocycles. The number of aromatic nitrogens is 3. The van der Waals surface area contributed by atoms with Crippen molar-refractivity contribution >= 4 is 34.8 Å². The van der Waals surface area contributed by atoms with Crippen LogP contribution in [0, 0.1) is 0 Å². The number of halogens is 2. The fourth-order valence-corrected chi connectivity index (χ4v) is 1.73. The molecule has 0 radical (unpaired) electrons. The summed E-state index contributed by atoms with van der Waals surface area (Å²) in [7, 11) is 0. The van der Waals surface area contributed by atoms with Crippen LogP contribution in [0.3, 0.4) is 0 Å². The van der Waals surface area contributed by atoms with Gasteiger partial charge in [-0.15, -0.1) is 10.2 Å². The molecule has 0 atom stereocenters. The molecule has 7 heteroatoms. The number of carboxylic acid groups (broad SMARTS) is 1. The summed E-state index contributed by atoms with van der Waals surface area (Å²) in [5.41, 5.74) is 0.845. The molecule has 0 fully saturated rings. The van der Waals surface area contributed by atoms with Crippen LogP contribution in [0.5, 0.6) is 0 Å². The summed E-state index contributed by atoms with van der Waals surface area (Å²) in [5, 5.41) is 16.5. The third kappa shape index (κ3) is 1.75. The van der Waals surface area contributed by atoms with Gasteiger partial charge in [-0.3, -0.25) is 9.20 Å². The van der Waals surface area contributed by atoms with Crippen LogP contribution in [0.4, 0.5) is 0 Å². The van der Waals surface area contributed by atoms with Crippen LogP contribution >= 0.6 is 23.2 Å². The number of nitrogens with zero attached hydrogens (tertiary/aromatic N) is 3. The Hall–Kier alpha value is -1.33. The van der Waals surface area contributed by atoms with E-state index in [4.69, 9.17) is 28.3 Å². The van der Waals surface area contributed by atoms with Crippen LogP contribution in [0.25, 0.3) is 5.65 Å². The number of carbonyl (C=O) groups is 1. The summed E-state index contributed by atoms with van der Waals surface area (Å²) >= 11 is 11.6. The molecule has 0 spiro atoms. The molecule has 2 rings (SSSR count). The van der Waals surface area contributed by atoms with Crippen molar-refractivity contribution in [2.24, 2.45) is 0 Å². The highest BCUT2D eigenvalue weighted by molar-refractivity contribution is 6.32. The molecule has 2 heterocycles. The standard InChI is InChI=1S/C8H5Cl2N3O2/c9-4-1-2-6-11-12-8(10)13(6)5(4)3-7(14)15/h1-2H,3H2,(H,14,15). The Kier molecular flexibility index (Phi) is 2.50. The minimum Gasteiger partial charge on any atom is -0.481 e. The first-order valence-electron chi connectivity index (χ1n) is 3.99. The van der Waals surface area contributed by atoms with Crippen molar-refractivity contribution in [1.29, 1.82) is 0 Å². The number of aliphatic carboxylic acids is 1. The molecule has 0 aliphatic carbocycles. The molecule has 15 heavy (non-hydrogen) atoms. The lowest BCUT2D eigenvalue weighted by molar-refractivity contribution is -0.136. The summed E-state index contributed by atoms with van der Waals surface area (Å²) < 4.78 is 1.41. The largest absolute Gasteiger partial charge is 0.481 e. The van der Waals surface area contributed by atoms with Gasteiger partial charge in [0.1, 0.15) is 0 Å². The van der Waals surface area contributed by atoms with E-state index in [2.05, 4.69) is 10.2 Å². The lowest BCUT2D eigenvalue weighted by atomic mass is 10.2. The molecular formula is C8H5Cl2N3O2. The molecular weight excluding hydrogens is 241 g/mol. The average molecular weight is 246 g/mol. The van der Waals surface area contributed by atoms with E-state index < -0.39 is 5.97 Å².